The average Bonchev–Trinajstić information content (AvgIpc) is 2.96. The molecule has 1 aromatic rings. The van der Waals surface area contributed by atoms with Crippen LogP contribution in [0.4, 0.5) is 0 Å². The fraction of sp³-hybridized carbons (Fsp3) is 0.727. The molecule has 6 heteroatoms. The van der Waals surface area contributed by atoms with E-state index in [4.69, 9.17) is 0 Å². The molecule has 2 heterocycles. The van der Waals surface area contributed by atoms with Crippen LogP contribution in [0.2, 0.25) is 0 Å². The lowest BCUT2D eigenvalue weighted by Crippen LogP contribution is -2.28. The Kier molecular flexibility index (Phi) is 4.50. The molecule has 1 saturated heterocycles. The van der Waals surface area contributed by atoms with Gasteiger partial charge in [0.05, 0.1) is 5.69 Å². The van der Waals surface area contributed by atoms with Gasteiger partial charge >= 0.3 is 0 Å². The van der Waals surface area contributed by atoms with Gasteiger partial charge in [0.1, 0.15) is 4.88 Å². The van der Waals surface area contributed by atoms with Gasteiger partial charge in [0, 0.05) is 18.4 Å². The van der Waals surface area contributed by atoms with E-state index in [0.29, 0.717) is 5.92 Å². The number of aromatic nitrogens is 2. The maximum Gasteiger partial charge on any atom is 0.267 e. The van der Waals surface area contributed by atoms with E-state index in [9.17, 15) is 4.79 Å². The van der Waals surface area contributed by atoms with Gasteiger partial charge in [-0.3, -0.25) is 4.79 Å². The lowest BCUT2D eigenvalue weighted by molar-refractivity contribution is 0.0790. The molecule has 1 aromatic heterocycles. The molecule has 2 rings (SSSR count). The van der Waals surface area contributed by atoms with Crippen molar-refractivity contribution >= 4 is 33.4 Å². The van der Waals surface area contributed by atoms with Gasteiger partial charge in [-0.05, 0) is 36.7 Å². The molecule has 0 radical (unpaired) electrons. The highest BCUT2D eigenvalue weighted by Crippen LogP contribution is 2.23. The third-order valence-corrected chi connectivity index (χ3v) is 4.39. The van der Waals surface area contributed by atoms with Gasteiger partial charge in [0.25, 0.3) is 5.91 Å². The number of aryl methyl sites for hydroxylation is 1. The van der Waals surface area contributed by atoms with Crippen molar-refractivity contribution in [3.05, 3.63) is 10.6 Å². The molecule has 1 aliphatic heterocycles. The summed E-state index contributed by atoms with van der Waals surface area (Å²) in [5.74, 6) is 0.762. The predicted octanol–water partition coefficient (Wildman–Crippen LogP) is 2.35. The third-order valence-electron chi connectivity index (χ3n) is 3.18. The molecule has 1 aliphatic rings. The van der Waals surface area contributed by atoms with Crippen LogP contribution in [0, 0.1) is 5.92 Å². The summed E-state index contributed by atoms with van der Waals surface area (Å²) in [6.45, 7) is 3.76. The quantitative estimate of drug-likeness (QED) is 0.801. The molecule has 0 aromatic carbocycles. The number of hydrogen-bond acceptors (Lipinski definition) is 4. The number of rotatable bonds is 4. The minimum Gasteiger partial charge on any atom is -0.338 e. The fourth-order valence-corrected chi connectivity index (χ4v) is 3.52. The summed E-state index contributed by atoms with van der Waals surface area (Å²) in [5.41, 5.74) is 0.837. The molecule has 0 aliphatic carbocycles. The van der Waals surface area contributed by atoms with E-state index in [1.165, 1.54) is 11.5 Å². The summed E-state index contributed by atoms with van der Waals surface area (Å²) >= 11 is 4.68. The van der Waals surface area contributed by atoms with E-state index < -0.39 is 0 Å². The Labute approximate surface area is 114 Å². The van der Waals surface area contributed by atoms with E-state index in [1.807, 2.05) is 11.8 Å². The van der Waals surface area contributed by atoms with Gasteiger partial charge in [-0.1, -0.05) is 27.3 Å². The summed E-state index contributed by atoms with van der Waals surface area (Å²) in [6.07, 6.45) is 3.03. The van der Waals surface area contributed by atoms with E-state index in [-0.39, 0.29) is 5.91 Å². The minimum atomic E-state index is 0.119. The first-order chi connectivity index (χ1) is 8.26. The summed E-state index contributed by atoms with van der Waals surface area (Å²) < 4.78 is 3.88. The molecular weight excluding hydrogens is 302 g/mol. The largest absolute Gasteiger partial charge is 0.338 e. The van der Waals surface area contributed by atoms with Crippen LogP contribution in [-0.4, -0.2) is 38.8 Å². The number of nitrogens with zero attached hydrogens (tertiary/aromatic N) is 3. The summed E-state index contributed by atoms with van der Waals surface area (Å²) in [6, 6.07) is 0. The molecule has 0 bridgehead atoms. The predicted molar refractivity (Wildman–Crippen MR) is 71.7 cm³/mol. The molecule has 1 atom stereocenters. The number of likely N-dealkylation sites (tertiary alicyclic amines) is 1. The van der Waals surface area contributed by atoms with Gasteiger partial charge in [0.2, 0.25) is 0 Å². The van der Waals surface area contributed by atoms with Crippen molar-refractivity contribution in [3.63, 3.8) is 0 Å². The molecule has 1 unspecified atom stereocenters. The van der Waals surface area contributed by atoms with Gasteiger partial charge in [0.15, 0.2) is 0 Å². The fourth-order valence-electron chi connectivity index (χ4n) is 2.15. The van der Waals surface area contributed by atoms with Crippen molar-refractivity contribution in [1.29, 1.82) is 0 Å². The minimum absolute atomic E-state index is 0.119. The Hall–Kier alpha value is -0.490. The third kappa shape index (κ3) is 2.85. The highest BCUT2D eigenvalue weighted by atomic mass is 79.9. The highest BCUT2D eigenvalue weighted by Gasteiger charge is 2.28. The van der Waals surface area contributed by atoms with E-state index >= 15 is 0 Å². The summed E-state index contributed by atoms with van der Waals surface area (Å²) in [7, 11) is 0. The topological polar surface area (TPSA) is 46.1 Å². The van der Waals surface area contributed by atoms with Crippen LogP contribution in [0.5, 0.6) is 0 Å². The Balaban J connectivity index is 2.02. The molecule has 17 heavy (non-hydrogen) atoms. The Bertz CT molecular complexity index is 396. The lowest BCUT2D eigenvalue weighted by Gasteiger charge is -2.15. The molecule has 1 fully saturated rings. The van der Waals surface area contributed by atoms with E-state index in [0.717, 1.165) is 48.3 Å². The molecule has 1 amide bonds. The first-order valence-corrected chi connectivity index (χ1v) is 7.82. The van der Waals surface area contributed by atoms with Crippen molar-refractivity contribution in [2.24, 2.45) is 5.92 Å². The van der Waals surface area contributed by atoms with Crippen molar-refractivity contribution in [3.8, 4) is 0 Å². The first-order valence-electron chi connectivity index (χ1n) is 5.92. The number of hydrogen-bond donors (Lipinski definition) is 0. The molecule has 0 N–H and O–H groups in total. The zero-order chi connectivity index (χ0) is 12.3. The number of halogens is 1. The molecule has 4 nitrogen and oxygen atoms in total. The van der Waals surface area contributed by atoms with Gasteiger partial charge in [-0.25, -0.2) is 0 Å². The monoisotopic (exact) mass is 317 g/mol. The second kappa shape index (κ2) is 5.91. The first kappa shape index (κ1) is 13.0. The van der Waals surface area contributed by atoms with Gasteiger partial charge in [-0.15, -0.1) is 5.10 Å². The zero-order valence-electron chi connectivity index (χ0n) is 9.86. The second-order valence-electron chi connectivity index (χ2n) is 4.29. The Morgan fingerprint density at radius 3 is 3.18 bits per heavy atom. The standard InChI is InChI=1S/C11H16BrN3OS/c1-2-9-10(17-14-13-9)11(16)15-6-4-8(7-15)3-5-12/h8H,2-7H2,1H3. The number of carbonyl (C=O) groups excluding carboxylic acids is 1. The second-order valence-corrected chi connectivity index (χ2v) is 5.83. The van der Waals surface area contributed by atoms with Crippen LogP contribution in [0.25, 0.3) is 0 Å². The highest BCUT2D eigenvalue weighted by molar-refractivity contribution is 9.09. The Morgan fingerprint density at radius 2 is 2.47 bits per heavy atom. The van der Waals surface area contributed by atoms with Crippen LogP contribution < -0.4 is 0 Å². The number of carbonyl (C=O) groups is 1. The van der Waals surface area contributed by atoms with Crippen LogP contribution in [0.1, 0.15) is 35.1 Å². The van der Waals surface area contributed by atoms with Crippen molar-refractivity contribution in [2.45, 2.75) is 26.2 Å². The molecule has 0 saturated carbocycles. The normalized spacial score (nSPS) is 19.9. The van der Waals surface area contributed by atoms with Crippen molar-refractivity contribution in [2.75, 3.05) is 18.4 Å². The van der Waals surface area contributed by atoms with Crippen LogP contribution in [0.3, 0.4) is 0 Å². The maximum atomic E-state index is 12.3. The maximum absolute atomic E-state index is 12.3. The molecule has 0 spiro atoms. The van der Waals surface area contributed by atoms with Crippen LogP contribution in [0.15, 0.2) is 0 Å². The SMILES string of the molecule is CCc1nnsc1C(=O)N1CCC(CCBr)C1. The number of alkyl halides is 1. The van der Waals surface area contributed by atoms with Gasteiger partial charge in [-0.2, -0.15) is 0 Å². The van der Waals surface area contributed by atoms with Crippen molar-refractivity contribution < 1.29 is 4.79 Å². The molecule has 94 valence electrons. The zero-order valence-corrected chi connectivity index (χ0v) is 12.3. The van der Waals surface area contributed by atoms with Crippen LogP contribution in [-0.2, 0) is 6.42 Å². The Morgan fingerprint density at radius 1 is 1.65 bits per heavy atom. The van der Waals surface area contributed by atoms with E-state index in [2.05, 4.69) is 25.5 Å². The summed E-state index contributed by atoms with van der Waals surface area (Å²) in [5, 5.41) is 5.01. The molecular formula is C11H16BrN3OS. The number of amides is 1. The van der Waals surface area contributed by atoms with Gasteiger partial charge < -0.3 is 4.90 Å². The van der Waals surface area contributed by atoms with E-state index in [1.54, 1.807) is 0 Å². The smallest absolute Gasteiger partial charge is 0.267 e. The average molecular weight is 318 g/mol. The van der Waals surface area contributed by atoms with Crippen molar-refractivity contribution in [1.82, 2.24) is 14.5 Å². The van der Waals surface area contributed by atoms with Crippen LogP contribution >= 0.6 is 27.5 Å². The lowest BCUT2D eigenvalue weighted by atomic mass is 10.1. The summed E-state index contributed by atoms with van der Waals surface area (Å²) in [4.78, 5) is 15.0.